The van der Waals surface area contributed by atoms with Gasteiger partial charge >= 0.3 is 0 Å². The Bertz CT molecular complexity index is 300. The number of Topliss-reactive ketones (excluding diaryl/α,β-unsaturated/α-hetero) is 1. The minimum absolute atomic E-state index is 0.189. The van der Waals surface area contributed by atoms with Gasteiger partial charge < -0.3 is 0 Å². The molecule has 0 aliphatic heterocycles. The zero-order chi connectivity index (χ0) is 7.14. The topological polar surface area (TPSA) is 17.1 Å². The number of carbonyl (C=O) groups excluding carboxylic acids is 1. The maximum absolute atomic E-state index is 10.9. The van der Waals surface area contributed by atoms with Crippen molar-refractivity contribution in [3.63, 3.8) is 0 Å². The fourth-order valence-corrected chi connectivity index (χ4v) is 1.26. The van der Waals surface area contributed by atoms with E-state index in [0.29, 0.717) is 0 Å². The highest BCUT2D eigenvalue weighted by molar-refractivity contribution is 5.97. The van der Waals surface area contributed by atoms with Crippen molar-refractivity contribution in [1.29, 1.82) is 0 Å². The first-order chi connectivity index (χ1) is 4.79. The van der Waals surface area contributed by atoms with Gasteiger partial charge in [0.05, 0.1) is 0 Å². The second kappa shape index (κ2) is 1.69. The van der Waals surface area contributed by atoms with Crippen LogP contribution in [0, 0.1) is 0 Å². The fraction of sp³-hybridized carbons (Fsp3) is 0.222. The molecule has 0 atom stereocenters. The molecule has 50 valence electrons. The van der Waals surface area contributed by atoms with Crippen molar-refractivity contribution in [2.75, 3.05) is 0 Å². The van der Waals surface area contributed by atoms with Crippen LogP contribution in [0.5, 0.6) is 0 Å². The van der Waals surface area contributed by atoms with Crippen LogP contribution in [0.1, 0.15) is 28.4 Å². The van der Waals surface area contributed by atoms with E-state index in [4.69, 9.17) is 0 Å². The minimum atomic E-state index is 0.189. The molecular weight excluding hydrogens is 124 g/mol. The summed E-state index contributed by atoms with van der Waals surface area (Å²) in [6.45, 7) is 1.62. The quantitative estimate of drug-likeness (QED) is 0.540. The van der Waals surface area contributed by atoms with E-state index >= 15 is 0 Å². The van der Waals surface area contributed by atoms with Crippen LogP contribution in [0.4, 0.5) is 0 Å². The first-order valence-electron chi connectivity index (χ1n) is 3.41. The smallest absolute Gasteiger partial charge is 0.160 e. The molecule has 1 aliphatic rings. The minimum Gasteiger partial charge on any atom is -0.295 e. The highest BCUT2D eigenvalue weighted by Crippen LogP contribution is 2.30. The molecule has 1 aromatic rings. The molecule has 0 amide bonds. The van der Waals surface area contributed by atoms with Crippen LogP contribution in [-0.4, -0.2) is 5.78 Å². The third-order valence-corrected chi connectivity index (χ3v) is 1.89. The molecule has 1 nitrogen and oxygen atoms in total. The highest BCUT2D eigenvalue weighted by atomic mass is 16.1. The Morgan fingerprint density at radius 3 is 2.90 bits per heavy atom. The van der Waals surface area contributed by atoms with Crippen molar-refractivity contribution >= 4 is 5.78 Å². The van der Waals surface area contributed by atoms with Gasteiger partial charge in [0, 0.05) is 5.56 Å². The summed E-state index contributed by atoms with van der Waals surface area (Å²) >= 11 is 0. The van der Waals surface area contributed by atoms with E-state index < -0.39 is 0 Å². The zero-order valence-corrected chi connectivity index (χ0v) is 5.85. The van der Waals surface area contributed by atoms with E-state index in [1.807, 2.05) is 12.1 Å². The van der Waals surface area contributed by atoms with Crippen LogP contribution >= 0.6 is 0 Å². The molecule has 0 spiro atoms. The van der Waals surface area contributed by atoms with Gasteiger partial charge in [-0.1, -0.05) is 18.2 Å². The number of benzene rings is 1. The third kappa shape index (κ3) is 0.670. The maximum atomic E-state index is 10.9. The predicted octanol–water partition coefficient (Wildman–Crippen LogP) is 1.79. The summed E-state index contributed by atoms with van der Waals surface area (Å²) < 4.78 is 0. The second-order valence-electron chi connectivity index (χ2n) is 2.68. The van der Waals surface area contributed by atoms with E-state index in [9.17, 15) is 4.79 Å². The van der Waals surface area contributed by atoms with Crippen LogP contribution in [0.15, 0.2) is 18.2 Å². The van der Waals surface area contributed by atoms with Gasteiger partial charge in [0.2, 0.25) is 0 Å². The normalized spacial score (nSPS) is 12.5. The van der Waals surface area contributed by atoms with Crippen LogP contribution in [-0.2, 0) is 6.42 Å². The van der Waals surface area contributed by atoms with Crippen molar-refractivity contribution < 1.29 is 4.79 Å². The average molecular weight is 132 g/mol. The number of hydrogen-bond acceptors (Lipinski definition) is 1. The molecule has 0 bridgehead atoms. The third-order valence-electron chi connectivity index (χ3n) is 1.89. The van der Waals surface area contributed by atoms with Gasteiger partial charge in [0.1, 0.15) is 0 Å². The van der Waals surface area contributed by atoms with Gasteiger partial charge in [0.25, 0.3) is 0 Å². The largest absolute Gasteiger partial charge is 0.295 e. The van der Waals surface area contributed by atoms with Crippen molar-refractivity contribution in [2.24, 2.45) is 0 Å². The van der Waals surface area contributed by atoms with Crippen molar-refractivity contribution in [3.05, 3.63) is 34.9 Å². The van der Waals surface area contributed by atoms with Crippen LogP contribution in [0.2, 0.25) is 0 Å². The zero-order valence-electron chi connectivity index (χ0n) is 5.85. The summed E-state index contributed by atoms with van der Waals surface area (Å²) in [5.41, 5.74) is 3.51. The van der Waals surface area contributed by atoms with Crippen LogP contribution in [0.3, 0.4) is 0 Å². The van der Waals surface area contributed by atoms with Crippen molar-refractivity contribution in [3.8, 4) is 0 Å². The number of fused-ring (bicyclic) bond motifs is 1. The van der Waals surface area contributed by atoms with E-state index in [2.05, 4.69) is 6.07 Å². The molecule has 0 saturated heterocycles. The molecule has 1 aromatic carbocycles. The molecule has 0 unspecified atom stereocenters. The Hall–Kier alpha value is -1.11. The molecule has 10 heavy (non-hydrogen) atoms. The van der Waals surface area contributed by atoms with E-state index in [1.165, 1.54) is 11.1 Å². The summed E-state index contributed by atoms with van der Waals surface area (Å²) in [5.74, 6) is 0.189. The van der Waals surface area contributed by atoms with Gasteiger partial charge in [-0.15, -0.1) is 0 Å². The van der Waals surface area contributed by atoms with E-state index in [-0.39, 0.29) is 5.78 Å². The molecule has 1 aliphatic carbocycles. The molecule has 0 aromatic heterocycles. The summed E-state index contributed by atoms with van der Waals surface area (Å²) in [4.78, 5) is 10.9. The predicted molar refractivity (Wildman–Crippen MR) is 39.3 cm³/mol. The molecule has 1 heteroatoms. The summed E-state index contributed by atoms with van der Waals surface area (Å²) in [5, 5.41) is 0. The van der Waals surface area contributed by atoms with E-state index in [1.54, 1.807) is 6.92 Å². The highest BCUT2D eigenvalue weighted by Gasteiger charge is 2.21. The first-order valence-corrected chi connectivity index (χ1v) is 3.41. The fourth-order valence-electron chi connectivity index (χ4n) is 1.26. The summed E-state index contributed by atoms with van der Waals surface area (Å²) in [6.07, 6.45) is 1.03. The van der Waals surface area contributed by atoms with Gasteiger partial charge in [-0.3, -0.25) is 4.79 Å². The van der Waals surface area contributed by atoms with E-state index in [0.717, 1.165) is 12.0 Å². The van der Waals surface area contributed by atoms with Crippen molar-refractivity contribution in [1.82, 2.24) is 0 Å². The molecule has 0 radical (unpaired) electrons. The van der Waals surface area contributed by atoms with Crippen LogP contribution < -0.4 is 0 Å². The van der Waals surface area contributed by atoms with Crippen molar-refractivity contribution in [2.45, 2.75) is 13.3 Å². The van der Waals surface area contributed by atoms with Gasteiger partial charge in [-0.2, -0.15) is 0 Å². The van der Waals surface area contributed by atoms with Gasteiger partial charge in [-0.05, 0) is 24.5 Å². The number of rotatable bonds is 1. The molecule has 2 rings (SSSR count). The number of carbonyl (C=O) groups is 1. The average Bonchev–Trinajstić information content (AvgIpc) is 2.63. The first kappa shape index (κ1) is 5.66. The molecule has 0 heterocycles. The van der Waals surface area contributed by atoms with Gasteiger partial charge in [0.15, 0.2) is 5.78 Å². The lowest BCUT2D eigenvalue weighted by Crippen LogP contribution is -1.90. The summed E-state index contributed by atoms with van der Waals surface area (Å²) in [6, 6.07) is 5.92. The second-order valence-corrected chi connectivity index (χ2v) is 2.68. The molecule has 0 saturated carbocycles. The Morgan fingerprint density at radius 2 is 2.30 bits per heavy atom. The Morgan fingerprint density at radius 1 is 1.50 bits per heavy atom. The van der Waals surface area contributed by atoms with Crippen LogP contribution in [0.25, 0.3) is 0 Å². The molecule has 0 N–H and O–H groups in total. The Kier molecular flexibility index (Phi) is 0.956. The Balaban J connectivity index is 2.56. The SMILES string of the molecule is CC(=O)c1cccc2c1C2. The Labute approximate surface area is 59.7 Å². The lowest BCUT2D eigenvalue weighted by Gasteiger charge is -1.89. The maximum Gasteiger partial charge on any atom is 0.160 e. The number of hydrogen-bond donors (Lipinski definition) is 0. The monoisotopic (exact) mass is 132 g/mol. The standard InChI is InChI=1S/C9H8O/c1-6(10)8-4-2-3-7-5-9(7)8/h2-4H,5H2,1H3. The molecule has 0 fully saturated rings. The number of ketones is 1. The van der Waals surface area contributed by atoms with Gasteiger partial charge in [-0.25, -0.2) is 0 Å². The lowest BCUT2D eigenvalue weighted by molar-refractivity contribution is 0.101. The molecular formula is C9H8O. The lowest BCUT2D eigenvalue weighted by atomic mass is 10.1. The summed E-state index contributed by atoms with van der Waals surface area (Å²) in [7, 11) is 0.